The number of benzene rings is 2. The first-order valence-electron chi connectivity index (χ1n) is 23.4. The van der Waals surface area contributed by atoms with Crippen molar-refractivity contribution in [2.24, 2.45) is 5.73 Å². The van der Waals surface area contributed by atoms with E-state index in [4.69, 9.17) is 5.73 Å². The molecule has 0 aliphatic carbocycles. The first-order chi connectivity index (χ1) is 34.9. The summed E-state index contributed by atoms with van der Waals surface area (Å²) in [6, 6.07) is 12.4. The van der Waals surface area contributed by atoms with Gasteiger partial charge in [-0.25, -0.2) is 26.8 Å². The van der Waals surface area contributed by atoms with Gasteiger partial charge in [0.15, 0.2) is 10.0 Å². The van der Waals surface area contributed by atoms with Gasteiger partial charge in [-0.1, -0.05) is 12.2 Å². The summed E-state index contributed by atoms with van der Waals surface area (Å²) in [4.78, 5) is 56.3. The number of hydrogen-bond acceptors (Lipinski definition) is 16. The third kappa shape index (κ3) is 11.2. The molecule has 10 rings (SSSR count). The largest absolute Gasteiger partial charge is 0.391 e. The molecule has 3 amide bonds. The van der Waals surface area contributed by atoms with Crippen LogP contribution in [0.1, 0.15) is 72.6 Å². The number of aliphatic hydroxyl groups is 2. The second-order valence-electron chi connectivity index (χ2n) is 18.3. The van der Waals surface area contributed by atoms with Crippen molar-refractivity contribution in [2.45, 2.75) is 50.0 Å². The fraction of sp³-hybridized carbons (Fsp3) is 0.375. The second kappa shape index (κ2) is 21.2. The summed E-state index contributed by atoms with van der Waals surface area (Å²) < 4.78 is 50.3. The van der Waals surface area contributed by atoms with Crippen molar-refractivity contribution in [1.82, 2.24) is 39.2 Å². The van der Waals surface area contributed by atoms with Crippen LogP contribution in [0.25, 0.3) is 33.0 Å². The second-order valence-corrected chi connectivity index (χ2v) is 24.1. The molecule has 2 saturated heterocycles. The minimum Gasteiger partial charge on any atom is -0.391 e. The minimum absolute atomic E-state index is 0.281. The van der Waals surface area contributed by atoms with Gasteiger partial charge < -0.3 is 46.3 Å². The summed E-state index contributed by atoms with van der Waals surface area (Å²) in [5.41, 5.74) is 13.2. The maximum Gasteiger partial charge on any atom is 0.280 e. The number of aromatic nitrogens is 4. The molecule has 4 aromatic heterocycles. The normalized spacial score (nSPS) is 21.2. The highest BCUT2D eigenvalue weighted by Crippen LogP contribution is 2.37. The van der Waals surface area contributed by atoms with Crippen molar-refractivity contribution >= 4 is 105 Å². The summed E-state index contributed by atoms with van der Waals surface area (Å²) >= 11 is 2.48. The number of aromatic amines is 2. The Balaban J connectivity index is 0.000000180. The summed E-state index contributed by atoms with van der Waals surface area (Å²) in [6.45, 7) is 3.31. The molecule has 4 aliphatic heterocycles. The molecule has 4 atom stereocenters. The molecule has 0 bridgehead atoms. The van der Waals surface area contributed by atoms with E-state index in [2.05, 4.69) is 46.4 Å². The number of nitrogens with zero attached hydrogens (tertiary/aromatic N) is 7. The van der Waals surface area contributed by atoms with Crippen molar-refractivity contribution in [2.75, 3.05) is 74.7 Å². The van der Waals surface area contributed by atoms with Crippen LogP contribution in [0.5, 0.6) is 0 Å². The monoisotopic (exact) mass is 1070 g/mol. The molecule has 8 heterocycles. The maximum atomic E-state index is 12.6. The average molecular weight is 1070 g/mol. The van der Waals surface area contributed by atoms with Crippen LogP contribution in [0, 0.1) is 11.3 Å². The van der Waals surface area contributed by atoms with Crippen LogP contribution in [-0.4, -0.2) is 162 Å². The van der Waals surface area contributed by atoms with Crippen LogP contribution >= 0.6 is 22.7 Å². The minimum atomic E-state index is -3.27. The van der Waals surface area contributed by atoms with Gasteiger partial charge in [-0.2, -0.15) is 13.9 Å². The lowest BCUT2D eigenvalue weighted by molar-refractivity contribution is 0.0783. The molecule has 6 aromatic rings. The van der Waals surface area contributed by atoms with Crippen molar-refractivity contribution in [1.29, 1.82) is 5.26 Å². The first kappa shape index (κ1) is 51.4. The quantitative estimate of drug-likeness (QED) is 0.0982. The molecule has 25 heteroatoms. The fourth-order valence-electron chi connectivity index (χ4n) is 9.73. The van der Waals surface area contributed by atoms with Crippen molar-refractivity contribution in [3.63, 3.8) is 0 Å². The third-order valence-corrected chi connectivity index (χ3v) is 17.7. The number of sulfonamides is 2. The predicted octanol–water partition coefficient (Wildman–Crippen LogP) is 3.06. The molecule has 0 spiro atoms. The molecule has 0 unspecified atom stereocenters. The van der Waals surface area contributed by atoms with Crippen LogP contribution in [0.15, 0.2) is 71.7 Å². The third-order valence-electron chi connectivity index (χ3n) is 13.6. The standard InChI is InChI=1S/C24H28N6O5S2.C24H26N6O4S2/c1-37(34,35)30-9-4-14(5-10-30)17-12-16-19(3-2-15(22(25)32)21(16)27-17)29-8-6-20(31)18(13-29)28-23(33)24-26-7-11-36-24;1-36(33,34)30-9-4-15(5-10-30)18-12-17-20(3-2-16(13-25)22(17)27-18)29-8-6-21(31)19(14-29)28-23(32)24-26-7-11-35-24/h2-4,7,11-12,18,20,27,31H,5-6,8-10,13H2,1H3,(H2,25,32)(H,28,33);2-4,7,11-12,19,21,27,31H,5-6,8-10,14H2,1H3,(H,28,32)/t18-,20-;19-,21-/m11/s1. The molecule has 0 radical (unpaired) electrons. The Labute approximate surface area is 429 Å². The van der Waals surface area contributed by atoms with Gasteiger partial charge in [-0.15, -0.1) is 22.7 Å². The molecule has 21 nitrogen and oxygen atoms in total. The van der Waals surface area contributed by atoms with E-state index >= 15 is 0 Å². The van der Waals surface area contributed by atoms with Crippen LogP contribution in [0.4, 0.5) is 11.4 Å². The van der Waals surface area contributed by atoms with Gasteiger partial charge >= 0.3 is 0 Å². The number of hydrogen-bond donors (Lipinski definition) is 7. The van der Waals surface area contributed by atoms with Crippen LogP contribution in [-0.2, 0) is 20.0 Å². The van der Waals surface area contributed by atoms with E-state index in [1.54, 1.807) is 35.3 Å². The Hall–Kier alpha value is -6.50. The average Bonchev–Trinajstić information content (AvgIpc) is 4.23. The predicted molar refractivity (Wildman–Crippen MR) is 280 cm³/mol. The zero-order valence-electron chi connectivity index (χ0n) is 39.8. The van der Waals surface area contributed by atoms with Gasteiger partial charge in [-0.05, 0) is 73.2 Å². The Morgan fingerprint density at radius 1 is 0.726 bits per heavy atom. The summed E-state index contributed by atoms with van der Waals surface area (Å²) in [5, 5.41) is 42.4. The fourth-order valence-corrected chi connectivity index (χ4v) is 12.3. The van der Waals surface area contributed by atoms with Crippen molar-refractivity contribution in [3.8, 4) is 6.07 Å². The number of amides is 3. The molecule has 8 N–H and O–H groups in total. The lowest BCUT2D eigenvalue weighted by atomic mass is 9.99. The topological polar surface area (TPSA) is 304 Å². The maximum absolute atomic E-state index is 12.6. The number of nitrogens with two attached hydrogens (primary N) is 1. The Morgan fingerprint density at radius 2 is 1.19 bits per heavy atom. The lowest BCUT2D eigenvalue weighted by Gasteiger charge is -2.38. The molecular weight excluding hydrogens is 1020 g/mol. The molecule has 384 valence electrons. The SMILES string of the molecule is CS(=O)(=O)N1CC=C(c2cc3c(N4CC[C@@H](O)[C@H](NC(=O)c5nccs5)C4)ccc(C#N)c3[nH]2)CC1.CS(=O)(=O)N1CC=C(c2cc3c(N4CC[C@@H](O)[C@H](NC(=O)c5nccs5)C4)ccc(C(N)=O)c3[nH]2)CC1. The molecule has 2 aromatic carbocycles. The number of anilines is 2. The summed E-state index contributed by atoms with van der Waals surface area (Å²) in [5.74, 6) is -1.20. The first-order valence-corrected chi connectivity index (χ1v) is 28.9. The Kier molecular flexibility index (Phi) is 14.9. The number of aliphatic hydroxyl groups excluding tert-OH is 2. The number of thiazole rings is 2. The molecular formula is C48H54N12O9S4. The molecule has 0 saturated carbocycles. The number of carbonyl (C=O) groups is 3. The van der Waals surface area contributed by atoms with Gasteiger partial charge in [-0.3, -0.25) is 14.4 Å². The number of fused-ring (bicyclic) bond motifs is 2. The Bertz CT molecular complexity index is 3400. The van der Waals surface area contributed by atoms with E-state index in [0.717, 1.165) is 44.7 Å². The zero-order chi connectivity index (χ0) is 51.8. The summed E-state index contributed by atoms with van der Waals surface area (Å²) in [6.07, 6.45) is 9.97. The van der Waals surface area contributed by atoms with E-state index < -0.39 is 50.2 Å². The van der Waals surface area contributed by atoms with Crippen molar-refractivity contribution in [3.05, 3.63) is 104 Å². The number of nitriles is 1. The highest BCUT2D eigenvalue weighted by molar-refractivity contribution is 7.88. The summed E-state index contributed by atoms with van der Waals surface area (Å²) in [7, 11) is -6.52. The number of nitrogens with one attached hydrogen (secondary N) is 4. The van der Waals surface area contributed by atoms with Gasteiger partial charge in [0.1, 0.15) is 6.07 Å². The highest BCUT2D eigenvalue weighted by atomic mass is 32.2. The van der Waals surface area contributed by atoms with Gasteiger partial charge in [0.05, 0.1) is 59.0 Å². The molecule has 2 fully saturated rings. The highest BCUT2D eigenvalue weighted by Gasteiger charge is 2.33. The number of primary amides is 1. The molecule has 73 heavy (non-hydrogen) atoms. The van der Waals surface area contributed by atoms with E-state index in [1.807, 2.05) is 36.4 Å². The van der Waals surface area contributed by atoms with Gasteiger partial charge in [0, 0.05) is 109 Å². The van der Waals surface area contributed by atoms with E-state index in [0.29, 0.717) is 104 Å². The van der Waals surface area contributed by atoms with Crippen molar-refractivity contribution < 1.29 is 41.4 Å². The van der Waals surface area contributed by atoms with Crippen LogP contribution in [0.3, 0.4) is 0 Å². The number of rotatable bonds is 11. The van der Waals surface area contributed by atoms with E-state index in [-0.39, 0.29) is 18.4 Å². The zero-order valence-corrected chi connectivity index (χ0v) is 43.1. The van der Waals surface area contributed by atoms with E-state index in [1.165, 1.54) is 43.8 Å². The molecule has 4 aliphatic rings. The lowest BCUT2D eigenvalue weighted by Crippen LogP contribution is -2.55. The Morgan fingerprint density at radius 3 is 1.60 bits per heavy atom. The van der Waals surface area contributed by atoms with Gasteiger partial charge in [0.2, 0.25) is 20.0 Å². The van der Waals surface area contributed by atoms with Gasteiger partial charge in [0.25, 0.3) is 17.7 Å². The number of piperidine rings is 2. The van der Waals surface area contributed by atoms with E-state index in [9.17, 15) is 46.7 Å². The number of H-pyrrole nitrogens is 2. The van der Waals surface area contributed by atoms with Crippen LogP contribution < -0.4 is 26.2 Å². The number of carbonyl (C=O) groups excluding carboxylic acids is 3. The smallest absolute Gasteiger partial charge is 0.280 e. The van der Waals surface area contributed by atoms with Crippen LogP contribution in [0.2, 0.25) is 0 Å².